The van der Waals surface area contributed by atoms with Crippen LogP contribution in [0, 0.1) is 0 Å². The average molecular weight is 265 g/mol. The Bertz CT molecular complexity index is 266. The van der Waals surface area contributed by atoms with Crippen molar-refractivity contribution >= 4 is 10.0 Å². The Morgan fingerprint density at radius 3 is 2.35 bits per heavy atom. The molecule has 0 rings (SSSR count). The second kappa shape index (κ2) is 9.82. The van der Waals surface area contributed by atoms with Crippen molar-refractivity contribution in [1.82, 2.24) is 14.9 Å². The lowest BCUT2D eigenvalue weighted by Crippen LogP contribution is -2.29. The van der Waals surface area contributed by atoms with Gasteiger partial charge in [0.15, 0.2) is 0 Å². The molecule has 0 atom stereocenters. The predicted molar refractivity (Wildman–Crippen MR) is 72.7 cm³/mol. The molecule has 104 valence electrons. The number of unbranched alkanes of at least 4 members (excludes halogenated alkanes) is 1. The van der Waals surface area contributed by atoms with Gasteiger partial charge < -0.3 is 10.2 Å². The first-order chi connectivity index (χ1) is 7.98. The second-order valence-corrected chi connectivity index (χ2v) is 6.36. The van der Waals surface area contributed by atoms with Crippen molar-refractivity contribution in [3.05, 3.63) is 0 Å². The molecule has 0 aromatic carbocycles. The van der Waals surface area contributed by atoms with Gasteiger partial charge in [-0.15, -0.1) is 0 Å². The lowest BCUT2D eigenvalue weighted by atomic mass is 10.3. The molecule has 5 nitrogen and oxygen atoms in total. The molecule has 0 aliphatic rings. The van der Waals surface area contributed by atoms with E-state index in [2.05, 4.69) is 14.9 Å². The third-order valence-electron chi connectivity index (χ3n) is 2.37. The summed E-state index contributed by atoms with van der Waals surface area (Å²) in [5.41, 5.74) is 0. The maximum Gasteiger partial charge on any atom is 0.211 e. The van der Waals surface area contributed by atoms with Gasteiger partial charge in [-0.1, -0.05) is 6.92 Å². The van der Waals surface area contributed by atoms with Gasteiger partial charge in [0.1, 0.15) is 0 Å². The van der Waals surface area contributed by atoms with Gasteiger partial charge in [0.2, 0.25) is 10.0 Å². The largest absolute Gasteiger partial charge is 0.317 e. The Morgan fingerprint density at radius 1 is 1.06 bits per heavy atom. The molecule has 0 aliphatic heterocycles. The Hall–Kier alpha value is -0.170. The Labute approximate surface area is 106 Å². The van der Waals surface area contributed by atoms with Crippen LogP contribution in [0.4, 0.5) is 0 Å². The maximum atomic E-state index is 11.5. The Balaban J connectivity index is 3.51. The predicted octanol–water partition coefficient (Wildman–Crippen LogP) is 0.247. The van der Waals surface area contributed by atoms with Crippen LogP contribution in [0.25, 0.3) is 0 Å². The summed E-state index contributed by atoms with van der Waals surface area (Å²) in [5.74, 6) is 0.216. The van der Waals surface area contributed by atoms with Crippen LogP contribution in [0.3, 0.4) is 0 Å². The minimum absolute atomic E-state index is 0.216. The number of rotatable bonds is 11. The van der Waals surface area contributed by atoms with E-state index in [1.165, 1.54) is 0 Å². The van der Waals surface area contributed by atoms with Gasteiger partial charge in [0.05, 0.1) is 5.75 Å². The lowest BCUT2D eigenvalue weighted by molar-refractivity contribution is 0.394. The monoisotopic (exact) mass is 265 g/mol. The van der Waals surface area contributed by atoms with Crippen LogP contribution in [-0.2, 0) is 10.0 Å². The van der Waals surface area contributed by atoms with Crippen LogP contribution in [-0.4, -0.2) is 59.3 Å². The standard InChI is InChI=1S/C11H27N3O2S/c1-4-12-8-7-11-17(15,16)13-9-5-6-10-14(2)3/h12-13H,4-11H2,1-3H3. The van der Waals surface area contributed by atoms with E-state index in [-0.39, 0.29) is 5.75 Å². The first kappa shape index (κ1) is 16.8. The molecule has 17 heavy (non-hydrogen) atoms. The number of sulfonamides is 1. The van der Waals surface area contributed by atoms with Crippen LogP contribution in [0.2, 0.25) is 0 Å². The topological polar surface area (TPSA) is 61.4 Å². The third kappa shape index (κ3) is 12.1. The molecule has 0 spiro atoms. The third-order valence-corrected chi connectivity index (χ3v) is 3.84. The molecule has 0 aliphatic carbocycles. The zero-order valence-electron chi connectivity index (χ0n) is 11.3. The smallest absolute Gasteiger partial charge is 0.211 e. The van der Waals surface area contributed by atoms with Crippen molar-refractivity contribution in [2.24, 2.45) is 0 Å². The minimum atomic E-state index is -3.07. The van der Waals surface area contributed by atoms with Crippen LogP contribution < -0.4 is 10.0 Å². The molecule has 0 saturated heterocycles. The molecule has 0 aromatic rings. The minimum Gasteiger partial charge on any atom is -0.317 e. The van der Waals surface area contributed by atoms with Gasteiger partial charge in [-0.25, -0.2) is 13.1 Å². The summed E-state index contributed by atoms with van der Waals surface area (Å²) in [7, 11) is 0.971. The quantitative estimate of drug-likeness (QED) is 0.526. The first-order valence-electron chi connectivity index (χ1n) is 6.30. The van der Waals surface area contributed by atoms with Crippen molar-refractivity contribution in [2.75, 3.05) is 46.0 Å². The summed E-state index contributed by atoms with van der Waals surface area (Å²) in [6.07, 6.45) is 2.58. The highest BCUT2D eigenvalue weighted by Gasteiger charge is 2.08. The fourth-order valence-electron chi connectivity index (χ4n) is 1.42. The average Bonchev–Trinajstić information content (AvgIpc) is 2.23. The highest BCUT2D eigenvalue weighted by Crippen LogP contribution is 1.93. The zero-order valence-corrected chi connectivity index (χ0v) is 12.1. The molecule has 0 radical (unpaired) electrons. The first-order valence-corrected chi connectivity index (χ1v) is 7.96. The van der Waals surface area contributed by atoms with E-state index < -0.39 is 10.0 Å². The van der Waals surface area contributed by atoms with E-state index >= 15 is 0 Å². The Kier molecular flexibility index (Phi) is 9.72. The van der Waals surface area contributed by atoms with E-state index in [1.54, 1.807) is 0 Å². The molecule has 0 bridgehead atoms. The van der Waals surface area contributed by atoms with E-state index in [9.17, 15) is 8.42 Å². The summed E-state index contributed by atoms with van der Waals surface area (Å²) in [6, 6.07) is 0. The van der Waals surface area contributed by atoms with E-state index in [0.717, 1.165) is 32.5 Å². The number of nitrogens with one attached hydrogen (secondary N) is 2. The number of hydrogen-bond donors (Lipinski definition) is 2. The summed E-state index contributed by atoms with van der Waals surface area (Å²) in [5, 5.41) is 3.11. The fourth-order valence-corrected chi connectivity index (χ4v) is 2.54. The molecule has 2 N–H and O–H groups in total. The molecule has 0 heterocycles. The molecule has 0 aromatic heterocycles. The molecular formula is C11H27N3O2S. The highest BCUT2D eigenvalue weighted by atomic mass is 32.2. The van der Waals surface area contributed by atoms with Gasteiger partial charge in [-0.2, -0.15) is 0 Å². The second-order valence-electron chi connectivity index (χ2n) is 4.43. The van der Waals surface area contributed by atoms with Gasteiger partial charge in [0, 0.05) is 6.54 Å². The van der Waals surface area contributed by atoms with Gasteiger partial charge in [-0.3, -0.25) is 0 Å². The van der Waals surface area contributed by atoms with Gasteiger partial charge in [-0.05, 0) is 53.0 Å². The Morgan fingerprint density at radius 2 is 1.76 bits per heavy atom. The van der Waals surface area contributed by atoms with Crippen LogP contribution in [0.15, 0.2) is 0 Å². The van der Waals surface area contributed by atoms with E-state index in [4.69, 9.17) is 0 Å². The molecule has 0 unspecified atom stereocenters. The normalized spacial score (nSPS) is 12.2. The fraction of sp³-hybridized carbons (Fsp3) is 1.00. The summed E-state index contributed by atoms with van der Waals surface area (Å²) in [4.78, 5) is 2.10. The zero-order chi connectivity index (χ0) is 13.1. The van der Waals surface area contributed by atoms with E-state index in [1.807, 2.05) is 21.0 Å². The highest BCUT2D eigenvalue weighted by molar-refractivity contribution is 7.89. The lowest BCUT2D eigenvalue weighted by Gasteiger charge is -2.10. The van der Waals surface area contributed by atoms with Crippen molar-refractivity contribution < 1.29 is 8.42 Å². The summed E-state index contributed by atoms with van der Waals surface area (Å²) < 4.78 is 25.7. The molecular weight excluding hydrogens is 238 g/mol. The van der Waals surface area contributed by atoms with E-state index in [0.29, 0.717) is 13.0 Å². The number of hydrogen-bond acceptors (Lipinski definition) is 4. The van der Waals surface area contributed by atoms with Crippen molar-refractivity contribution in [1.29, 1.82) is 0 Å². The van der Waals surface area contributed by atoms with Crippen molar-refractivity contribution in [3.63, 3.8) is 0 Å². The number of nitrogens with zero attached hydrogens (tertiary/aromatic N) is 1. The maximum absolute atomic E-state index is 11.5. The molecule has 0 fully saturated rings. The van der Waals surface area contributed by atoms with Crippen LogP contribution in [0.5, 0.6) is 0 Å². The van der Waals surface area contributed by atoms with Gasteiger partial charge >= 0.3 is 0 Å². The summed E-state index contributed by atoms with van der Waals surface area (Å²) >= 11 is 0. The van der Waals surface area contributed by atoms with Crippen molar-refractivity contribution in [3.8, 4) is 0 Å². The SMILES string of the molecule is CCNCCCS(=O)(=O)NCCCCN(C)C. The molecule has 0 amide bonds. The van der Waals surface area contributed by atoms with Crippen molar-refractivity contribution in [2.45, 2.75) is 26.2 Å². The molecule has 6 heteroatoms. The van der Waals surface area contributed by atoms with Crippen LogP contribution >= 0.6 is 0 Å². The summed E-state index contributed by atoms with van der Waals surface area (Å²) in [6.45, 7) is 5.22. The van der Waals surface area contributed by atoms with Gasteiger partial charge in [0.25, 0.3) is 0 Å². The molecule has 0 saturated carbocycles. The van der Waals surface area contributed by atoms with Crippen LogP contribution in [0.1, 0.15) is 26.2 Å².